The molecule has 4 N–H and O–H groups in total. The van der Waals surface area contributed by atoms with Crippen LogP contribution in [0.1, 0.15) is 11.1 Å². The molecule has 19 heavy (non-hydrogen) atoms. The summed E-state index contributed by atoms with van der Waals surface area (Å²) in [6, 6.07) is 1.61. The number of phenolic OH excluding ortho intramolecular Hbond substituents is 2. The van der Waals surface area contributed by atoms with E-state index < -0.39 is 0 Å². The van der Waals surface area contributed by atoms with Crippen LogP contribution in [0.4, 0.5) is 5.69 Å². The molecule has 1 aliphatic rings. The Kier molecular flexibility index (Phi) is 3.50. The number of aryl methyl sites for hydroxylation is 1. The summed E-state index contributed by atoms with van der Waals surface area (Å²) in [4.78, 5) is 4.07. The van der Waals surface area contributed by atoms with Crippen molar-refractivity contribution in [2.75, 3.05) is 0 Å². The van der Waals surface area contributed by atoms with Crippen LogP contribution in [0.15, 0.2) is 27.5 Å². The second-order valence-corrected chi connectivity index (χ2v) is 4.56. The van der Waals surface area contributed by atoms with E-state index in [-0.39, 0.29) is 21.8 Å². The molecule has 98 valence electrons. The van der Waals surface area contributed by atoms with Gasteiger partial charge < -0.3 is 15.9 Å². The Morgan fingerprint density at radius 2 is 2.16 bits per heavy atom. The van der Waals surface area contributed by atoms with Gasteiger partial charge in [0.25, 0.3) is 0 Å². The maximum atomic E-state index is 9.95. The lowest BCUT2D eigenvalue weighted by atomic mass is 10.0. The van der Waals surface area contributed by atoms with Crippen LogP contribution in [-0.2, 0) is 0 Å². The predicted molar refractivity (Wildman–Crippen MR) is 77.1 cm³/mol. The molecular weight excluding hydrogens is 288 g/mol. The lowest BCUT2D eigenvalue weighted by molar-refractivity contribution is 0.400. The molecule has 0 aliphatic carbocycles. The predicted octanol–water partition coefficient (Wildman–Crippen LogP) is 2.73. The standard InChI is InChI=1S/C11H9ClN4O2S/c1-4-2-6-7(9(18)8(4)17)5(10(12)15-6)3-14-16-11(13)19/h2-3,17-18H,1H3,(H2,13,19). The third-order valence-electron chi connectivity index (χ3n) is 2.50. The summed E-state index contributed by atoms with van der Waals surface area (Å²) in [5.41, 5.74) is 6.76. The molecule has 0 aromatic heterocycles. The molecule has 0 saturated carbocycles. The van der Waals surface area contributed by atoms with Gasteiger partial charge in [0.15, 0.2) is 11.5 Å². The third kappa shape index (κ3) is 2.42. The minimum Gasteiger partial charge on any atom is -0.504 e. The topological polar surface area (TPSA) is 104 Å². The van der Waals surface area contributed by atoms with E-state index in [0.717, 1.165) is 0 Å². The summed E-state index contributed by atoms with van der Waals surface area (Å²) >= 11 is 10.5. The highest BCUT2D eigenvalue weighted by atomic mass is 35.5. The molecule has 1 aromatic rings. The zero-order valence-corrected chi connectivity index (χ0v) is 11.3. The molecule has 1 heterocycles. The van der Waals surface area contributed by atoms with Crippen molar-refractivity contribution < 1.29 is 10.2 Å². The van der Waals surface area contributed by atoms with Gasteiger partial charge in [-0.3, -0.25) is 0 Å². The van der Waals surface area contributed by atoms with Gasteiger partial charge in [-0.2, -0.15) is 5.11 Å². The first-order chi connectivity index (χ1) is 8.91. The molecule has 6 nitrogen and oxygen atoms in total. The lowest BCUT2D eigenvalue weighted by Gasteiger charge is -2.07. The van der Waals surface area contributed by atoms with Gasteiger partial charge in [0.2, 0.25) is 5.11 Å². The number of aromatic hydroxyl groups is 2. The molecule has 0 spiro atoms. The normalized spacial score (nSPS) is 15.9. The van der Waals surface area contributed by atoms with E-state index in [4.69, 9.17) is 17.3 Å². The van der Waals surface area contributed by atoms with Crippen LogP contribution in [0, 0.1) is 6.92 Å². The van der Waals surface area contributed by atoms with Crippen molar-refractivity contribution in [1.82, 2.24) is 0 Å². The summed E-state index contributed by atoms with van der Waals surface area (Å²) in [6.07, 6.45) is 1.27. The van der Waals surface area contributed by atoms with Gasteiger partial charge in [0.1, 0.15) is 5.17 Å². The van der Waals surface area contributed by atoms with E-state index in [9.17, 15) is 10.2 Å². The van der Waals surface area contributed by atoms with Crippen molar-refractivity contribution in [3.05, 3.63) is 23.4 Å². The van der Waals surface area contributed by atoms with E-state index in [1.807, 2.05) is 0 Å². The Morgan fingerprint density at radius 3 is 2.79 bits per heavy atom. The van der Waals surface area contributed by atoms with Gasteiger partial charge in [-0.25, -0.2) is 4.99 Å². The van der Waals surface area contributed by atoms with Crippen LogP contribution in [0.3, 0.4) is 0 Å². The SMILES string of the molecule is Cc1cc2c(c(O)c1O)C(=CN=NC(N)=S)C(Cl)=N2. The van der Waals surface area contributed by atoms with Crippen LogP contribution in [0.25, 0.3) is 5.57 Å². The van der Waals surface area contributed by atoms with Gasteiger partial charge in [0, 0.05) is 5.57 Å². The number of halogens is 1. The molecule has 1 aromatic carbocycles. The third-order valence-corrected chi connectivity index (χ3v) is 2.87. The average Bonchev–Trinajstić information content (AvgIpc) is 2.62. The number of benzene rings is 1. The number of nitrogens with two attached hydrogens (primary N) is 1. The highest BCUT2D eigenvalue weighted by Crippen LogP contribution is 2.47. The molecule has 0 saturated heterocycles. The minimum absolute atomic E-state index is 0.126. The van der Waals surface area contributed by atoms with Crippen molar-refractivity contribution in [3.63, 3.8) is 0 Å². The van der Waals surface area contributed by atoms with Crippen molar-refractivity contribution in [3.8, 4) is 11.5 Å². The quantitative estimate of drug-likeness (QED) is 0.421. The lowest BCUT2D eigenvalue weighted by Crippen LogP contribution is -2.01. The molecule has 0 fully saturated rings. The Labute approximate surface area is 118 Å². The summed E-state index contributed by atoms with van der Waals surface area (Å²) in [5.74, 6) is -0.524. The first-order valence-electron chi connectivity index (χ1n) is 5.12. The molecule has 1 aliphatic heterocycles. The van der Waals surface area contributed by atoms with Crippen molar-refractivity contribution in [1.29, 1.82) is 0 Å². The van der Waals surface area contributed by atoms with Crippen LogP contribution < -0.4 is 5.73 Å². The fraction of sp³-hybridized carbons (Fsp3) is 0.0909. The Morgan fingerprint density at radius 1 is 1.47 bits per heavy atom. The summed E-state index contributed by atoms with van der Waals surface area (Å²) < 4.78 is 0. The maximum absolute atomic E-state index is 9.95. The molecule has 8 heteroatoms. The largest absolute Gasteiger partial charge is 0.504 e. The molecule has 0 bridgehead atoms. The summed E-state index contributed by atoms with van der Waals surface area (Å²) in [5, 5.41) is 26.8. The zero-order valence-electron chi connectivity index (χ0n) is 9.75. The number of nitrogens with zero attached hydrogens (tertiary/aromatic N) is 3. The number of thiocarbonyl (C=S) groups is 1. The van der Waals surface area contributed by atoms with Crippen LogP contribution in [0.2, 0.25) is 0 Å². The van der Waals surface area contributed by atoms with Gasteiger partial charge >= 0.3 is 0 Å². The van der Waals surface area contributed by atoms with E-state index in [1.54, 1.807) is 13.0 Å². The van der Waals surface area contributed by atoms with Gasteiger partial charge in [-0.05, 0) is 30.8 Å². The Balaban J connectivity index is 2.56. The highest BCUT2D eigenvalue weighted by Gasteiger charge is 2.26. The highest BCUT2D eigenvalue weighted by molar-refractivity contribution is 7.80. The fourth-order valence-electron chi connectivity index (χ4n) is 1.66. The van der Waals surface area contributed by atoms with Crippen LogP contribution in [-0.4, -0.2) is 20.5 Å². The van der Waals surface area contributed by atoms with Crippen molar-refractivity contribution in [2.45, 2.75) is 6.92 Å². The number of hydrogen-bond donors (Lipinski definition) is 3. The molecule has 0 amide bonds. The molecule has 0 atom stereocenters. The smallest absolute Gasteiger partial charge is 0.211 e. The van der Waals surface area contributed by atoms with Crippen LogP contribution in [0.5, 0.6) is 11.5 Å². The molecule has 0 radical (unpaired) electrons. The second-order valence-electron chi connectivity index (χ2n) is 3.78. The average molecular weight is 297 g/mol. The van der Waals surface area contributed by atoms with Gasteiger partial charge in [-0.15, -0.1) is 5.11 Å². The number of allylic oxidation sites excluding steroid dienone is 1. The van der Waals surface area contributed by atoms with Gasteiger partial charge in [0.05, 0.1) is 17.5 Å². The van der Waals surface area contributed by atoms with E-state index in [1.165, 1.54) is 6.20 Å². The number of phenols is 2. The first-order valence-corrected chi connectivity index (χ1v) is 5.91. The maximum Gasteiger partial charge on any atom is 0.211 e. The first kappa shape index (κ1) is 13.4. The Hall–Kier alpha value is -1.99. The molecule has 0 unspecified atom stereocenters. The monoisotopic (exact) mass is 296 g/mol. The van der Waals surface area contributed by atoms with E-state index >= 15 is 0 Å². The number of fused-ring (bicyclic) bond motifs is 1. The minimum atomic E-state index is -0.300. The number of azo groups is 1. The van der Waals surface area contributed by atoms with Crippen molar-refractivity contribution >= 4 is 45.4 Å². The second kappa shape index (κ2) is 4.94. The van der Waals surface area contributed by atoms with Crippen molar-refractivity contribution in [2.24, 2.45) is 21.0 Å². The molecule has 2 rings (SSSR count). The number of rotatable bonds is 1. The summed E-state index contributed by atoms with van der Waals surface area (Å²) in [7, 11) is 0. The number of aliphatic imine (C=N–C) groups is 1. The number of hydrogen-bond acceptors (Lipinski definition) is 5. The summed E-state index contributed by atoms with van der Waals surface area (Å²) in [6.45, 7) is 1.65. The van der Waals surface area contributed by atoms with Crippen LogP contribution >= 0.6 is 23.8 Å². The van der Waals surface area contributed by atoms with E-state index in [2.05, 4.69) is 27.4 Å². The Bertz CT molecular complexity index is 667. The van der Waals surface area contributed by atoms with E-state index in [0.29, 0.717) is 22.4 Å². The zero-order chi connectivity index (χ0) is 14.2. The van der Waals surface area contributed by atoms with Gasteiger partial charge in [-0.1, -0.05) is 11.6 Å². The fourth-order valence-corrected chi connectivity index (χ4v) is 1.94. The molecular formula is C11H9ClN4O2S.